The summed E-state index contributed by atoms with van der Waals surface area (Å²) in [7, 11) is 0. The first-order chi connectivity index (χ1) is 6.21. The standard InChI is InChI=1S/C10H26N4/c1-9(2,11)7-13-5-6-14-8-10(3,4)12/h13-14H,5-8,11-12H2,1-4H3. The largest absolute Gasteiger partial charge is 0.324 e. The molecular formula is C10H26N4. The number of hydrogen-bond acceptors (Lipinski definition) is 4. The van der Waals surface area contributed by atoms with Gasteiger partial charge < -0.3 is 22.1 Å². The van der Waals surface area contributed by atoms with Crippen molar-refractivity contribution in [2.24, 2.45) is 11.5 Å². The van der Waals surface area contributed by atoms with Crippen LogP contribution in [0.4, 0.5) is 0 Å². The van der Waals surface area contributed by atoms with E-state index in [1.54, 1.807) is 0 Å². The molecule has 0 atom stereocenters. The second-order valence-corrected chi connectivity index (χ2v) is 5.33. The molecule has 0 unspecified atom stereocenters. The Morgan fingerprint density at radius 3 is 1.29 bits per heavy atom. The highest BCUT2D eigenvalue weighted by Gasteiger charge is 2.10. The van der Waals surface area contributed by atoms with Crippen LogP contribution in [-0.2, 0) is 0 Å². The van der Waals surface area contributed by atoms with Crippen molar-refractivity contribution in [1.82, 2.24) is 10.6 Å². The van der Waals surface area contributed by atoms with Gasteiger partial charge in [-0.15, -0.1) is 0 Å². The second kappa shape index (κ2) is 5.66. The molecule has 4 heteroatoms. The second-order valence-electron chi connectivity index (χ2n) is 5.33. The maximum absolute atomic E-state index is 5.82. The molecule has 0 heterocycles. The molecule has 0 aliphatic rings. The lowest BCUT2D eigenvalue weighted by Gasteiger charge is -2.21. The van der Waals surface area contributed by atoms with E-state index in [0.29, 0.717) is 0 Å². The minimum absolute atomic E-state index is 0.132. The van der Waals surface area contributed by atoms with Crippen molar-refractivity contribution in [1.29, 1.82) is 0 Å². The van der Waals surface area contributed by atoms with E-state index in [2.05, 4.69) is 10.6 Å². The Balaban J connectivity index is 3.23. The Kier molecular flexibility index (Phi) is 5.59. The smallest absolute Gasteiger partial charge is 0.0223 e. The van der Waals surface area contributed by atoms with Gasteiger partial charge in [-0.05, 0) is 27.7 Å². The molecule has 4 nitrogen and oxygen atoms in total. The molecule has 0 aliphatic carbocycles. The minimum Gasteiger partial charge on any atom is -0.324 e. The fourth-order valence-corrected chi connectivity index (χ4v) is 0.998. The van der Waals surface area contributed by atoms with Gasteiger partial charge >= 0.3 is 0 Å². The van der Waals surface area contributed by atoms with Gasteiger partial charge in [0.15, 0.2) is 0 Å². The molecule has 0 aromatic carbocycles. The van der Waals surface area contributed by atoms with E-state index in [9.17, 15) is 0 Å². The third kappa shape index (κ3) is 11.8. The highest BCUT2D eigenvalue weighted by molar-refractivity contribution is 4.76. The van der Waals surface area contributed by atoms with Crippen LogP contribution in [0.25, 0.3) is 0 Å². The van der Waals surface area contributed by atoms with Crippen LogP contribution in [0.1, 0.15) is 27.7 Å². The van der Waals surface area contributed by atoms with Crippen LogP contribution >= 0.6 is 0 Å². The summed E-state index contributed by atoms with van der Waals surface area (Å²) in [4.78, 5) is 0. The van der Waals surface area contributed by atoms with Gasteiger partial charge in [0, 0.05) is 37.3 Å². The molecule has 0 spiro atoms. The van der Waals surface area contributed by atoms with Crippen molar-refractivity contribution in [2.75, 3.05) is 26.2 Å². The van der Waals surface area contributed by atoms with Gasteiger partial charge in [0.2, 0.25) is 0 Å². The van der Waals surface area contributed by atoms with E-state index < -0.39 is 0 Å². The summed E-state index contributed by atoms with van der Waals surface area (Å²) in [6.07, 6.45) is 0. The zero-order valence-corrected chi connectivity index (χ0v) is 9.98. The number of hydrogen-bond donors (Lipinski definition) is 4. The fourth-order valence-electron chi connectivity index (χ4n) is 0.998. The van der Waals surface area contributed by atoms with Gasteiger partial charge in [0.1, 0.15) is 0 Å². The Bertz CT molecular complexity index is 125. The lowest BCUT2D eigenvalue weighted by Crippen LogP contribution is -2.47. The molecule has 0 aliphatic heterocycles. The molecule has 0 aromatic rings. The van der Waals surface area contributed by atoms with Gasteiger partial charge in [-0.1, -0.05) is 0 Å². The maximum atomic E-state index is 5.82. The monoisotopic (exact) mass is 202 g/mol. The van der Waals surface area contributed by atoms with Crippen LogP contribution in [0.5, 0.6) is 0 Å². The van der Waals surface area contributed by atoms with Crippen molar-refractivity contribution < 1.29 is 0 Å². The zero-order chi connectivity index (χ0) is 11.2. The molecule has 0 saturated heterocycles. The van der Waals surface area contributed by atoms with E-state index in [1.807, 2.05) is 27.7 Å². The van der Waals surface area contributed by atoms with Crippen molar-refractivity contribution >= 4 is 0 Å². The summed E-state index contributed by atoms with van der Waals surface area (Å²) < 4.78 is 0. The van der Waals surface area contributed by atoms with Crippen molar-refractivity contribution in [2.45, 2.75) is 38.8 Å². The Hall–Kier alpha value is -0.160. The molecule has 0 aromatic heterocycles. The molecule has 0 saturated carbocycles. The highest BCUT2D eigenvalue weighted by atomic mass is 15.0. The van der Waals surface area contributed by atoms with Gasteiger partial charge in [-0.25, -0.2) is 0 Å². The first-order valence-corrected chi connectivity index (χ1v) is 5.20. The van der Waals surface area contributed by atoms with Crippen molar-refractivity contribution in [3.8, 4) is 0 Å². The van der Waals surface area contributed by atoms with Crippen LogP contribution in [0.15, 0.2) is 0 Å². The highest BCUT2D eigenvalue weighted by Crippen LogP contribution is 1.92. The quantitative estimate of drug-likeness (QED) is 0.425. The first kappa shape index (κ1) is 13.8. The van der Waals surface area contributed by atoms with Crippen LogP contribution in [0.2, 0.25) is 0 Å². The zero-order valence-electron chi connectivity index (χ0n) is 9.98. The number of nitrogens with one attached hydrogen (secondary N) is 2. The summed E-state index contributed by atoms with van der Waals surface area (Å²) in [5, 5.41) is 6.57. The van der Waals surface area contributed by atoms with Gasteiger partial charge in [0.05, 0.1) is 0 Å². The summed E-state index contributed by atoms with van der Waals surface area (Å²) in [6.45, 7) is 11.6. The number of rotatable bonds is 7. The van der Waals surface area contributed by atoms with E-state index in [0.717, 1.165) is 26.2 Å². The third-order valence-electron chi connectivity index (χ3n) is 1.64. The molecule has 14 heavy (non-hydrogen) atoms. The number of nitrogens with two attached hydrogens (primary N) is 2. The predicted molar refractivity (Wildman–Crippen MR) is 62.3 cm³/mol. The lowest BCUT2D eigenvalue weighted by molar-refractivity contribution is 0.439. The summed E-state index contributed by atoms with van der Waals surface area (Å²) in [5.74, 6) is 0. The van der Waals surface area contributed by atoms with E-state index in [-0.39, 0.29) is 11.1 Å². The van der Waals surface area contributed by atoms with Crippen LogP contribution in [0.3, 0.4) is 0 Å². The molecule has 6 N–H and O–H groups in total. The normalized spacial score (nSPS) is 13.3. The molecule has 0 amide bonds. The molecule has 0 rings (SSSR count). The topological polar surface area (TPSA) is 76.1 Å². The molecular weight excluding hydrogens is 176 g/mol. The van der Waals surface area contributed by atoms with Crippen LogP contribution in [0, 0.1) is 0 Å². The van der Waals surface area contributed by atoms with E-state index in [1.165, 1.54) is 0 Å². The molecule has 0 fully saturated rings. The Labute approximate surface area is 87.8 Å². The third-order valence-corrected chi connectivity index (χ3v) is 1.64. The maximum Gasteiger partial charge on any atom is 0.0223 e. The van der Waals surface area contributed by atoms with Gasteiger partial charge in [0.25, 0.3) is 0 Å². The van der Waals surface area contributed by atoms with Crippen molar-refractivity contribution in [3.63, 3.8) is 0 Å². The molecule has 0 bridgehead atoms. The van der Waals surface area contributed by atoms with Crippen LogP contribution in [-0.4, -0.2) is 37.3 Å². The van der Waals surface area contributed by atoms with Gasteiger partial charge in [-0.3, -0.25) is 0 Å². The molecule has 86 valence electrons. The average Bonchev–Trinajstić information content (AvgIpc) is 1.92. The fraction of sp³-hybridized carbons (Fsp3) is 1.00. The van der Waals surface area contributed by atoms with Crippen LogP contribution < -0.4 is 22.1 Å². The van der Waals surface area contributed by atoms with E-state index in [4.69, 9.17) is 11.5 Å². The van der Waals surface area contributed by atoms with Gasteiger partial charge in [-0.2, -0.15) is 0 Å². The summed E-state index contributed by atoms with van der Waals surface area (Å²) in [5.41, 5.74) is 11.4. The average molecular weight is 202 g/mol. The van der Waals surface area contributed by atoms with Crippen molar-refractivity contribution in [3.05, 3.63) is 0 Å². The minimum atomic E-state index is -0.132. The lowest BCUT2D eigenvalue weighted by atomic mass is 10.1. The first-order valence-electron chi connectivity index (χ1n) is 5.20. The predicted octanol–water partition coefficient (Wildman–Crippen LogP) is -0.360. The van der Waals surface area contributed by atoms with E-state index >= 15 is 0 Å². The molecule has 0 radical (unpaired) electrons. The Morgan fingerprint density at radius 2 is 1.07 bits per heavy atom. The SMILES string of the molecule is CC(C)(N)CNCCNCC(C)(C)N. The summed E-state index contributed by atoms with van der Waals surface area (Å²) >= 11 is 0. The Morgan fingerprint density at radius 1 is 0.786 bits per heavy atom. The summed E-state index contributed by atoms with van der Waals surface area (Å²) in [6, 6.07) is 0.